The van der Waals surface area contributed by atoms with E-state index >= 15 is 0 Å². The van der Waals surface area contributed by atoms with E-state index in [4.69, 9.17) is 5.73 Å². The fourth-order valence-electron chi connectivity index (χ4n) is 0.854. The van der Waals surface area contributed by atoms with E-state index in [2.05, 4.69) is 4.98 Å². The molecule has 0 aliphatic heterocycles. The molecule has 0 aromatic carbocycles. The molecule has 1 rings (SSSR count). The third kappa shape index (κ3) is 2.31. The highest BCUT2D eigenvalue weighted by Crippen LogP contribution is 2.33. The Morgan fingerprint density at radius 1 is 1.27 bits per heavy atom. The Morgan fingerprint density at radius 2 is 1.80 bits per heavy atom. The van der Waals surface area contributed by atoms with Crippen molar-refractivity contribution in [3.05, 3.63) is 23.3 Å². The fourth-order valence-corrected chi connectivity index (χ4v) is 0.854. The van der Waals surface area contributed by atoms with Gasteiger partial charge in [0.05, 0.1) is 5.69 Å². The lowest BCUT2D eigenvalue weighted by atomic mass is 10.2. The highest BCUT2D eigenvalue weighted by atomic mass is 19.4. The van der Waals surface area contributed by atoms with Gasteiger partial charge in [-0.15, -0.1) is 0 Å². The van der Waals surface area contributed by atoms with Gasteiger partial charge < -0.3 is 5.73 Å². The van der Waals surface area contributed by atoms with Gasteiger partial charge in [-0.05, 0) is 0 Å². The lowest BCUT2D eigenvalue weighted by molar-refractivity contribution is -0.141. The van der Waals surface area contributed by atoms with Crippen molar-refractivity contribution >= 4 is 5.69 Å². The van der Waals surface area contributed by atoms with E-state index in [1.807, 2.05) is 0 Å². The Kier molecular flexibility index (Phi) is 2.78. The van der Waals surface area contributed by atoms with Crippen LogP contribution in [0.25, 0.3) is 0 Å². The Morgan fingerprint density at radius 3 is 2.20 bits per heavy atom. The summed E-state index contributed by atoms with van der Waals surface area (Å²) in [5, 5.41) is 0. The summed E-state index contributed by atoms with van der Waals surface area (Å²) in [6.45, 7) is 0. The Bertz CT molecular complexity index is 372. The standard InChI is InChI=1S/C7H4F6N2/c8-2-1-3(7(11,12)13)15-5(4(2)14)6(9)10/h1,6H,14H2. The molecule has 1 heterocycles. The molecule has 0 aliphatic carbocycles. The maximum atomic E-state index is 12.7. The molecule has 0 radical (unpaired) electrons. The number of nitrogens with zero attached hydrogens (tertiary/aromatic N) is 1. The molecule has 0 bridgehead atoms. The normalized spacial score (nSPS) is 12.2. The number of hydrogen-bond donors (Lipinski definition) is 1. The molecule has 8 heteroatoms. The van der Waals surface area contributed by atoms with Crippen LogP contribution in [0.1, 0.15) is 17.8 Å². The first-order chi connectivity index (χ1) is 6.73. The minimum Gasteiger partial charge on any atom is -0.395 e. The predicted molar refractivity (Wildman–Crippen MR) is 38.6 cm³/mol. The van der Waals surface area contributed by atoms with Crippen LogP contribution in [0.2, 0.25) is 0 Å². The highest BCUT2D eigenvalue weighted by molar-refractivity contribution is 5.46. The molecule has 2 nitrogen and oxygen atoms in total. The van der Waals surface area contributed by atoms with E-state index < -0.39 is 35.5 Å². The fraction of sp³-hybridized carbons (Fsp3) is 0.286. The highest BCUT2D eigenvalue weighted by Gasteiger charge is 2.35. The van der Waals surface area contributed by atoms with Crippen LogP contribution in [0.5, 0.6) is 0 Å². The molecule has 1 aromatic heterocycles. The van der Waals surface area contributed by atoms with E-state index in [0.717, 1.165) is 0 Å². The molecule has 2 N–H and O–H groups in total. The van der Waals surface area contributed by atoms with Gasteiger partial charge in [0.25, 0.3) is 6.43 Å². The van der Waals surface area contributed by atoms with Crippen LogP contribution in [0.15, 0.2) is 6.07 Å². The molecule has 0 aliphatic rings. The maximum Gasteiger partial charge on any atom is 0.433 e. The smallest absolute Gasteiger partial charge is 0.395 e. The summed E-state index contributed by atoms with van der Waals surface area (Å²) < 4.78 is 73.0. The molecule has 0 unspecified atom stereocenters. The number of aromatic nitrogens is 1. The maximum absolute atomic E-state index is 12.7. The van der Waals surface area contributed by atoms with Gasteiger partial charge in [-0.3, -0.25) is 0 Å². The summed E-state index contributed by atoms with van der Waals surface area (Å²) in [7, 11) is 0. The van der Waals surface area contributed by atoms with Crippen LogP contribution in [0.3, 0.4) is 0 Å². The second kappa shape index (κ2) is 3.59. The molecule has 0 saturated heterocycles. The summed E-state index contributed by atoms with van der Waals surface area (Å²) in [5.41, 5.74) is 0.607. The van der Waals surface area contributed by atoms with Crippen molar-refractivity contribution in [1.29, 1.82) is 0 Å². The lowest BCUT2D eigenvalue weighted by Gasteiger charge is -2.10. The first kappa shape index (κ1) is 11.6. The number of rotatable bonds is 1. The van der Waals surface area contributed by atoms with E-state index in [1.54, 1.807) is 0 Å². The second-order valence-electron chi connectivity index (χ2n) is 2.59. The summed E-state index contributed by atoms with van der Waals surface area (Å²) in [5.74, 6) is -1.56. The van der Waals surface area contributed by atoms with Gasteiger partial charge >= 0.3 is 6.18 Å². The predicted octanol–water partition coefficient (Wildman–Crippen LogP) is 2.76. The zero-order valence-electron chi connectivity index (χ0n) is 6.95. The van der Waals surface area contributed by atoms with Crippen LogP contribution >= 0.6 is 0 Å². The molecule has 0 saturated carbocycles. The average Bonchev–Trinajstić information content (AvgIpc) is 2.06. The van der Waals surface area contributed by atoms with E-state index in [-0.39, 0.29) is 6.07 Å². The number of hydrogen-bond acceptors (Lipinski definition) is 2. The van der Waals surface area contributed by atoms with Crippen molar-refractivity contribution in [3.63, 3.8) is 0 Å². The topological polar surface area (TPSA) is 38.9 Å². The molecular weight excluding hydrogens is 226 g/mol. The number of anilines is 1. The van der Waals surface area contributed by atoms with E-state index in [1.165, 1.54) is 0 Å². The largest absolute Gasteiger partial charge is 0.433 e. The molecular formula is C7H4F6N2. The number of pyridine rings is 1. The number of nitrogens with two attached hydrogens (primary N) is 1. The molecule has 15 heavy (non-hydrogen) atoms. The lowest BCUT2D eigenvalue weighted by Crippen LogP contribution is -2.13. The van der Waals surface area contributed by atoms with Gasteiger partial charge in [0.2, 0.25) is 0 Å². The summed E-state index contributed by atoms with van der Waals surface area (Å²) in [4.78, 5) is 2.56. The molecule has 0 spiro atoms. The minimum atomic E-state index is -4.99. The molecule has 84 valence electrons. The third-order valence-electron chi connectivity index (χ3n) is 1.53. The summed E-state index contributed by atoms with van der Waals surface area (Å²) in [6, 6.07) is -0.0266. The van der Waals surface area contributed by atoms with Gasteiger partial charge in [0.15, 0.2) is 0 Å². The van der Waals surface area contributed by atoms with Crippen LogP contribution in [-0.2, 0) is 6.18 Å². The van der Waals surface area contributed by atoms with Crippen LogP contribution in [0, 0.1) is 5.82 Å². The zero-order chi connectivity index (χ0) is 11.8. The monoisotopic (exact) mass is 230 g/mol. The van der Waals surface area contributed by atoms with Crippen molar-refractivity contribution in [2.75, 3.05) is 5.73 Å². The summed E-state index contributed by atoms with van der Waals surface area (Å²) >= 11 is 0. The van der Waals surface area contributed by atoms with E-state index in [0.29, 0.717) is 0 Å². The third-order valence-corrected chi connectivity index (χ3v) is 1.53. The quantitative estimate of drug-likeness (QED) is 0.753. The van der Waals surface area contributed by atoms with Crippen molar-refractivity contribution < 1.29 is 26.3 Å². The van der Waals surface area contributed by atoms with Crippen LogP contribution < -0.4 is 5.73 Å². The number of alkyl halides is 5. The Hall–Kier alpha value is -1.47. The molecule has 0 amide bonds. The van der Waals surface area contributed by atoms with Crippen LogP contribution in [0.4, 0.5) is 32.0 Å². The first-order valence-electron chi connectivity index (χ1n) is 3.54. The Labute approximate surface area is 79.7 Å². The van der Waals surface area contributed by atoms with Gasteiger partial charge in [-0.1, -0.05) is 0 Å². The van der Waals surface area contributed by atoms with Gasteiger partial charge in [-0.25, -0.2) is 18.2 Å². The summed E-state index contributed by atoms with van der Waals surface area (Å²) in [6.07, 6.45) is -8.35. The van der Waals surface area contributed by atoms with Gasteiger partial charge in [-0.2, -0.15) is 13.2 Å². The first-order valence-corrected chi connectivity index (χ1v) is 3.54. The number of halogens is 6. The van der Waals surface area contributed by atoms with E-state index in [9.17, 15) is 26.3 Å². The molecule has 0 fully saturated rings. The SMILES string of the molecule is Nc1c(F)cc(C(F)(F)F)nc1C(F)F. The van der Waals surface area contributed by atoms with Gasteiger partial charge in [0.1, 0.15) is 17.2 Å². The number of nitrogen functional groups attached to an aromatic ring is 1. The average molecular weight is 230 g/mol. The van der Waals surface area contributed by atoms with Crippen molar-refractivity contribution in [1.82, 2.24) is 4.98 Å². The molecule has 0 atom stereocenters. The van der Waals surface area contributed by atoms with Crippen LogP contribution in [-0.4, -0.2) is 4.98 Å². The minimum absolute atomic E-state index is 0.0266. The second-order valence-corrected chi connectivity index (χ2v) is 2.59. The van der Waals surface area contributed by atoms with Crippen molar-refractivity contribution in [2.24, 2.45) is 0 Å². The van der Waals surface area contributed by atoms with Crippen molar-refractivity contribution in [2.45, 2.75) is 12.6 Å². The van der Waals surface area contributed by atoms with Gasteiger partial charge in [0, 0.05) is 6.07 Å². The molecule has 1 aromatic rings. The van der Waals surface area contributed by atoms with Crippen molar-refractivity contribution in [3.8, 4) is 0 Å². The Balaban J connectivity index is 3.36. The zero-order valence-corrected chi connectivity index (χ0v) is 6.95.